The molecule has 0 bridgehead atoms. The third-order valence-electron chi connectivity index (χ3n) is 4.19. The van der Waals surface area contributed by atoms with E-state index in [9.17, 15) is 16.8 Å². The quantitative estimate of drug-likeness (QED) is 0.793. The summed E-state index contributed by atoms with van der Waals surface area (Å²) in [6, 6.07) is 9.38. The monoisotopic (exact) mass is 410 g/mol. The van der Waals surface area contributed by atoms with Gasteiger partial charge in [-0.2, -0.15) is 0 Å². The zero-order valence-electron chi connectivity index (χ0n) is 16.4. The third-order valence-corrected chi connectivity index (χ3v) is 7.78. The zero-order valence-corrected chi connectivity index (χ0v) is 18.1. The number of sulfonamides is 2. The van der Waals surface area contributed by atoms with Crippen LogP contribution in [-0.4, -0.2) is 29.9 Å². The van der Waals surface area contributed by atoms with E-state index in [1.54, 1.807) is 58.0 Å². The Morgan fingerprint density at radius 1 is 0.889 bits per heavy atom. The molecule has 0 unspecified atom stereocenters. The summed E-state index contributed by atoms with van der Waals surface area (Å²) in [7, 11) is -6.13. The zero-order chi connectivity index (χ0) is 20.6. The molecule has 0 aliphatic rings. The highest BCUT2D eigenvalue weighted by molar-refractivity contribution is 7.92. The number of nitrogens with one attached hydrogen (secondary N) is 1. The molecule has 0 heterocycles. The summed E-state index contributed by atoms with van der Waals surface area (Å²) in [4.78, 5) is 0.225. The molecule has 27 heavy (non-hydrogen) atoms. The van der Waals surface area contributed by atoms with Crippen LogP contribution in [-0.2, 0) is 20.0 Å². The van der Waals surface area contributed by atoms with E-state index in [4.69, 9.17) is 0 Å². The van der Waals surface area contributed by atoms with Crippen molar-refractivity contribution in [1.29, 1.82) is 0 Å². The van der Waals surface area contributed by atoms with E-state index in [1.165, 1.54) is 13.1 Å². The highest BCUT2D eigenvalue weighted by Crippen LogP contribution is 2.30. The van der Waals surface area contributed by atoms with Gasteiger partial charge in [0.2, 0.25) is 10.0 Å². The van der Waals surface area contributed by atoms with Crippen LogP contribution in [0, 0.1) is 20.8 Å². The van der Waals surface area contributed by atoms with Gasteiger partial charge < -0.3 is 0 Å². The summed E-state index contributed by atoms with van der Waals surface area (Å²) in [5, 5.41) is 0. The van der Waals surface area contributed by atoms with Crippen molar-refractivity contribution in [3.63, 3.8) is 0 Å². The SMILES string of the molecule is Cc1ccc(S(=O)(=O)N(C)c2cc(S(=O)(=O)NC(C)C)c(C)cc2C)cc1. The Kier molecular flexibility index (Phi) is 6.03. The highest BCUT2D eigenvalue weighted by atomic mass is 32.2. The average Bonchev–Trinajstić information content (AvgIpc) is 2.53. The van der Waals surface area contributed by atoms with Crippen molar-refractivity contribution in [1.82, 2.24) is 4.72 Å². The van der Waals surface area contributed by atoms with Crippen LogP contribution < -0.4 is 9.03 Å². The predicted molar refractivity (Wildman–Crippen MR) is 108 cm³/mol. The van der Waals surface area contributed by atoms with Gasteiger partial charge in [0.15, 0.2) is 0 Å². The maximum Gasteiger partial charge on any atom is 0.264 e. The fraction of sp³-hybridized carbons (Fsp3) is 0.368. The molecule has 148 valence electrons. The molecular formula is C19H26N2O4S2. The molecule has 0 saturated heterocycles. The predicted octanol–water partition coefficient (Wildman–Crippen LogP) is 3.12. The molecule has 0 amide bonds. The molecule has 2 aromatic rings. The number of rotatable bonds is 6. The van der Waals surface area contributed by atoms with E-state index >= 15 is 0 Å². The molecule has 0 aromatic heterocycles. The summed E-state index contributed by atoms with van der Waals surface area (Å²) in [6.45, 7) is 8.80. The Hall–Kier alpha value is -1.90. The molecule has 0 saturated carbocycles. The molecule has 2 rings (SSSR count). The van der Waals surface area contributed by atoms with Gasteiger partial charge in [0, 0.05) is 13.1 Å². The second-order valence-electron chi connectivity index (χ2n) is 6.97. The molecular weight excluding hydrogens is 384 g/mol. The Labute approximate surface area is 162 Å². The largest absolute Gasteiger partial charge is 0.269 e. The molecule has 6 nitrogen and oxygen atoms in total. The first kappa shape index (κ1) is 21.4. The number of hydrogen-bond donors (Lipinski definition) is 1. The summed E-state index contributed by atoms with van der Waals surface area (Å²) in [5.41, 5.74) is 2.52. The van der Waals surface area contributed by atoms with Crippen LogP contribution in [0.15, 0.2) is 46.2 Å². The first-order chi connectivity index (χ1) is 12.4. The van der Waals surface area contributed by atoms with Crippen LogP contribution in [0.5, 0.6) is 0 Å². The lowest BCUT2D eigenvalue weighted by molar-refractivity contribution is 0.569. The Bertz CT molecular complexity index is 1040. The summed E-state index contributed by atoms with van der Waals surface area (Å²) >= 11 is 0. The lowest BCUT2D eigenvalue weighted by Crippen LogP contribution is -2.31. The lowest BCUT2D eigenvalue weighted by Gasteiger charge is -2.23. The van der Waals surface area contributed by atoms with Gasteiger partial charge in [0.05, 0.1) is 15.5 Å². The smallest absolute Gasteiger partial charge is 0.264 e. The average molecular weight is 411 g/mol. The standard InChI is InChI=1S/C19H26N2O4S2/c1-13(2)20-26(22,23)19-12-18(15(4)11-16(19)5)21(6)27(24,25)17-9-7-14(3)8-10-17/h7-13,20H,1-6H3. The minimum atomic E-state index is -3.81. The fourth-order valence-electron chi connectivity index (χ4n) is 2.82. The fourth-order valence-corrected chi connectivity index (χ4v) is 5.57. The van der Waals surface area contributed by atoms with Crippen molar-refractivity contribution in [3.8, 4) is 0 Å². The Morgan fingerprint density at radius 3 is 1.96 bits per heavy atom. The topological polar surface area (TPSA) is 83.6 Å². The van der Waals surface area contributed by atoms with Crippen molar-refractivity contribution in [3.05, 3.63) is 53.1 Å². The number of hydrogen-bond acceptors (Lipinski definition) is 4. The molecule has 8 heteroatoms. The molecule has 0 fully saturated rings. The summed E-state index contributed by atoms with van der Waals surface area (Å²) in [5.74, 6) is 0. The van der Waals surface area contributed by atoms with Gasteiger partial charge >= 0.3 is 0 Å². The molecule has 1 N–H and O–H groups in total. The van der Waals surface area contributed by atoms with Gasteiger partial charge in [0.25, 0.3) is 10.0 Å². The molecule has 2 aromatic carbocycles. The van der Waals surface area contributed by atoms with E-state index in [-0.39, 0.29) is 15.8 Å². The van der Waals surface area contributed by atoms with E-state index in [0.717, 1.165) is 9.87 Å². The summed E-state index contributed by atoms with van der Waals surface area (Å²) < 4.78 is 54.9. The molecule has 0 aliphatic heterocycles. The second-order valence-corrected chi connectivity index (χ2v) is 10.6. The molecule has 0 aliphatic carbocycles. The van der Waals surface area contributed by atoms with Gasteiger partial charge in [0.1, 0.15) is 0 Å². The number of nitrogens with zero attached hydrogens (tertiary/aromatic N) is 1. The van der Waals surface area contributed by atoms with Gasteiger partial charge in [-0.15, -0.1) is 0 Å². The Morgan fingerprint density at radius 2 is 1.44 bits per heavy atom. The van der Waals surface area contributed by atoms with Crippen molar-refractivity contribution in [2.45, 2.75) is 50.5 Å². The lowest BCUT2D eigenvalue weighted by atomic mass is 10.1. The minimum absolute atomic E-state index is 0.0720. The van der Waals surface area contributed by atoms with Crippen molar-refractivity contribution in [2.75, 3.05) is 11.4 Å². The first-order valence-electron chi connectivity index (χ1n) is 8.55. The number of aryl methyl sites for hydroxylation is 3. The van der Waals surface area contributed by atoms with E-state index in [0.29, 0.717) is 16.8 Å². The van der Waals surface area contributed by atoms with Crippen molar-refractivity contribution in [2.24, 2.45) is 0 Å². The molecule has 0 radical (unpaired) electrons. The van der Waals surface area contributed by atoms with Gasteiger partial charge in [-0.25, -0.2) is 21.6 Å². The van der Waals surface area contributed by atoms with Crippen LogP contribution in [0.25, 0.3) is 0 Å². The van der Waals surface area contributed by atoms with Crippen LogP contribution >= 0.6 is 0 Å². The van der Waals surface area contributed by atoms with E-state index in [1.807, 2.05) is 6.92 Å². The second kappa shape index (κ2) is 7.61. The summed E-state index contributed by atoms with van der Waals surface area (Å²) in [6.07, 6.45) is 0. The van der Waals surface area contributed by atoms with Crippen molar-refractivity contribution >= 4 is 25.7 Å². The Balaban J connectivity index is 2.58. The van der Waals surface area contributed by atoms with Crippen LogP contribution in [0.2, 0.25) is 0 Å². The van der Waals surface area contributed by atoms with E-state index < -0.39 is 20.0 Å². The maximum absolute atomic E-state index is 13.0. The minimum Gasteiger partial charge on any atom is -0.269 e. The van der Waals surface area contributed by atoms with Gasteiger partial charge in [-0.3, -0.25) is 4.31 Å². The van der Waals surface area contributed by atoms with Crippen molar-refractivity contribution < 1.29 is 16.8 Å². The molecule has 0 spiro atoms. The van der Waals surface area contributed by atoms with Crippen LogP contribution in [0.4, 0.5) is 5.69 Å². The molecule has 0 atom stereocenters. The first-order valence-corrected chi connectivity index (χ1v) is 11.5. The van der Waals surface area contributed by atoms with Gasteiger partial charge in [-0.1, -0.05) is 23.8 Å². The van der Waals surface area contributed by atoms with E-state index in [2.05, 4.69) is 4.72 Å². The van der Waals surface area contributed by atoms with Crippen LogP contribution in [0.1, 0.15) is 30.5 Å². The number of benzene rings is 2. The third kappa shape index (κ3) is 4.51. The normalized spacial score (nSPS) is 12.4. The van der Waals surface area contributed by atoms with Crippen LogP contribution in [0.3, 0.4) is 0 Å². The van der Waals surface area contributed by atoms with Gasteiger partial charge in [-0.05, 0) is 63.9 Å². The highest BCUT2D eigenvalue weighted by Gasteiger charge is 2.26. The maximum atomic E-state index is 13.0. The number of anilines is 1.